The molecule has 0 atom stereocenters. The van der Waals surface area contributed by atoms with Crippen LogP contribution in [0.2, 0.25) is 0 Å². The lowest BCUT2D eigenvalue weighted by atomic mass is 9.95. The summed E-state index contributed by atoms with van der Waals surface area (Å²) in [7, 11) is 0. The van der Waals surface area contributed by atoms with Crippen LogP contribution in [0, 0.1) is 5.41 Å². The summed E-state index contributed by atoms with van der Waals surface area (Å²) in [5.74, 6) is 0.478. The van der Waals surface area contributed by atoms with Crippen LogP contribution >= 0.6 is 0 Å². The molecular formula is C23H29N3O3. The van der Waals surface area contributed by atoms with Crippen LogP contribution in [0.1, 0.15) is 27.7 Å². The SMILES string of the molecule is C=C(C)COc1ccc(NC(=O)CNc2cccc(NC(=O)C(C)(C)C)c2)cc1. The van der Waals surface area contributed by atoms with E-state index in [0.717, 1.165) is 17.0 Å². The number of nitrogens with one attached hydrogen (secondary N) is 3. The normalized spacial score (nSPS) is 10.8. The van der Waals surface area contributed by atoms with E-state index in [4.69, 9.17) is 4.74 Å². The van der Waals surface area contributed by atoms with Gasteiger partial charge in [0, 0.05) is 22.5 Å². The highest BCUT2D eigenvalue weighted by atomic mass is 16.5. The molecule has 0 saturated carbocycles. The Morgan fingerprint density at radius 2 is 1.62 bits per heavy atom. The molecule has 154 valence electrons. The van der Waals surface area contributed by atoms with Gasteiger partial charge >= 0.3 is 0 Å². The zero-order valence-electron chi connectivity index (χ0n) is 17.5. The van der Waals surface area contributed by atoms with Crippen LogP contribution in [0.15, 0.2) is 60.7 Å². The predicted octanol–water partition coefficient (Wildman–Crippen LogP) is 4.68. The van der Waals surface area contributed by atoms with Crippen molar-refractivity contribution in [1.29, 1.82) is 0 Å². The summed E-state index contributed by atoms with van der Waals surface area (Å²) < 4.78 is 5.54. The van der Waals surface area contributed by atoms with Gasteiger partial charge in [0.2, 0.25) is 11.8 Å². The minimum atomic E-state index is -0.478. The van der Waals surface area contributed by atoms with Gasteiger partial charge in [-0.15, -0.1) is 0 Å². The van der Waals surface area contributed by atoms with Gasteiger partial charge in [0.25, 0.3) is 0 Å². The molecule has 0 bridgehead atoms. The molecule has 2 amide bonds. The van der Waals surface area contributed by atoms with Crippen LogP contribution in [0.5, 0.6) is 5.75 Å². The van der Waals surface area contributed by atoms with E-state index in [-0.39, 0.29) is 18.4 Å². The lowest BCUT2D eigenvalue weighted by Gasteiger charge is -2.18. The molecule has 0 aliphatic heterocycles. The Morgan fingerprint density at radius 3 is 2.24 bits per heavy atom. The number of carbonyl (C=O) groups excluding carboxylic acids is 2. The topological polar surface area (TPSA) is 79.5 Å². The summed E-state index contributed by atoms with van der Waals surface area (Å²) in [5.41, 5.74) is 2.58. The van der Waals surface area contributed by atoms with Crippen molar-refractivity contribution < 1.29 is 14.3 Å². The number of anilines is 3. The number of hydrogen-bond donors (Lipinski definition) is 3. The Hall–Kier alpha value is -3.28. The fourth-order valence-electron chi connectivity index (χ4n) is 2.25. The summed E-state index contributed by atoms with van der Waals surface area (Å²) in [4.78, 5) is 24.3. The molecule has 3 N–H and O–H groups in total. The first-order valence-electron chi connectivity index (χ1n) is 9.46. The number of hydrogen-bond acceptors (Lipinski definition) is 4. The third kappa shape index (κ3) is 7.70. The molecular weight excluding hydrogens is 366 g/mol. The monoisotopic (exact) mass is 395 g/mol. The fraction of sp³-hybridized carbons (Fsp3) is 0.304. The number of amides is 2. The van der Waals surface area contributed by atoms with Crippen LogP contribution in [-0.2, 0) is 9.59 Å². The minimum absolute atomic E-state index is 0.0666. The molecule has 2 aromatic carbocycles. The van der Waals surface area contributed by atoms with Crippen molar-refractivity contribution >= 4 is 28.9 Å². The summed E-state index contributed by atoms with van der Waals surface area (Å²) in [5, 5.41) is 8.77. The first-order valence-corrected chi connectivity index (χ1v) is 9.46. The predicted molar refractivity (Wildman–Crippen MR) is 118 cm³/mol. The standard InChI is InChI=1S/C23H29N3O3/c1-16(2)15-29-20-11-9-17(10-12-20)25-21(27)14-24-18-7-6-8-19(13-18)26-22(28)23(3,4)5/h6-13,24H,1,14-15H2,2-5H3,(H,25,27)(H,26,28). The highest BCUT2D eigenvalue weighted by molar-refractivity contribution is 5.95. The fourth-order valence-corrected chi connectivity index (χ4v) is 2.25. The average Bonchev–Trinajstić information content (AvgIpc) is 2.65. The Morgan fingerprint density at radius 1 is 0.966 bits per heavy atom. The number of ether oxygens (including phenoxy) is 1. The number of carbonyl (C=O) groups is 2. The van der Waals surface area contributed by atoms with Crippen molar-refractivity contribution in [1.82, 2.24) is 0 Å². The molecule has 0 radical (unpaired) electrons. The van der Waals surface area contributed by atoms with Crippen molar-refractivity contribution in [2.45, 2.75) is 27.7 Å². The Labute approximate surface area is 172 Å². The van der Waals surface area contributed by atoms with E-state index in [2.05, 4.69) is 22.5 Å². The molecule has 6 nitrogen and oxygen atoms in total. The molecule has 0 saturated heterocycles. The Bertz CT molecular complexity index is 868. The number of benzene rings is 2. The maximum Gasteiger partial charge on any atom is 0.243 e. The smallest absolute Gasteiger partial charge is 0.243 e. The van der Waals surface area contributed by atoms with Gasteiger partial charge in [0.15, 0.2) is 0 Å². The van der Waals surface area contributed by atoms with Gasteiger partial charge in [-0.05, 0) is 55.0 Å². The van der Waals surface area contributed by atoms with Crippen LogP contribution < -0.4 is 20.7 Å². The third-order valence-electron chi connectivity index (χ3n) is 3.88. The van der Waals surface area contributed by atoms with Gasteiger partial charge in [-0.1, -0.05) is 33.4 Å². The third-order valence-corrected chi connectivity index (χ3v) is 3.88. The zero-order chi connectivity index (χ0) is 21.4. The number of rotatable bonds is 8. The first kappa shape index (κ1) is 22.0. The van der Waals surface area contributed by atoms with Crippen LogP contribution in [0.4, 0.5) is 17.1 Å². The van der Waals surface area contributed by atoms with Gasteiger partial charge in [0.05, 0.1) is 6.54 Å². The van der Waals surface area contributed by atoms with Crippen LogP contribution in [0.3, 0.4) is 0 Å². The van der Waals surface area contributed by atoms with E-state index in [1.165, 1.54) is 0 Å². The quantitative estimate of drug-likeness (QED) is 0.567. The summed E-state index contributed by atoms with van der Waals surface area (Å²) >= 11 is 0. The van der Waals surface area contributed by atoms with Crippen molar-refractivity contribution in [3.63, 3.8) is 0 Å². The van der Waals surface area contributed by atoms with Crippen molar-refractivity contribution in [3.05, 3.63) is 60.7 Å². The van der Waals surface area contributed by atoms with Gasteiger partial charge in [-0.25, -0.2) is 0 Å². The zero-order valence-corrected chi connectivity index (χ0v) is 17.5. The van der Waals surface area contributed by atoms with E-state index in [1.54, 1.807) is 30.3 Å². The molecule has 29 heavy (non-hydrogen) atoms. The molecule has 2 rings (SSSR count). The van der Waals surface area contributed by atoms with Crippen molar-refractivity contribution in [2.24, 2.45) is 5.41 Å². The van der Waals surface area contributed by atoms with E-state index < -0.39 is 5.41 Å². The summed E-state index contributed by atoms with van der Waals surface area (Å²) in [6.45, 7) is 11.8. The second kappa shape index (κ2) is 9.78. The highest BCUT2D eigenvalue weighted by Gasteiger charge is 2.21. The largest absolute Gasteiger partial charge is 0.489 e. The van der Waals surface area contributed by atoms with Gasteiger partial charge < -0.3 is 20.7 Å². The summed E-state index contributed by atoms with van der Waals surface area (Å²) in [6, 6.07) is 14.4. The Balaban J connectivity index is 1.85. The molecule has 0 aliphatic carbocycles. The second-order valence-electron chi connectivity index (χ2n) is 7.96. The lowest BCUT2D eigenvalue weighted by molar-refractivity contribution is -0.123. The van der Waals surface area contributed by atoms with Gasteiger partial charge in [-0.3, -0.25) is 9.59 Å². The lowest BCUT2D eigenvalue weighted by Crippen LogP contribution is -2.27. The maximum absolute atomic E-state index is 12.2. The molecule has 2 aromatic rings. The molecule has 0 aromatic heterocycles. The van der Waals surface area contributed by atoms with Crippen molar-refractivity contribution in [2.75, 3.05) is 29.1 Å². The first-order chi connectivity index (χ1) is 13.6. The summed E-state index contributed by atoms with van der Waals surface area (Å²) in [6.07, 6.45) is 0. The molecule has 0 spiro atoms. The van der Waals surface area contributed by atoms with Crippen molar-refractivity contribution in [3.8, 4) is 5.75 Å². The van der Waals surface area contributed by atoms with Gasteiger partial charge in [0.1, 0.15) is 12.4 Å². The van der Waals surface area contributed by atoms with Crippen LogP contribution in [0.25, 0.3) is 0 Å². The molecule has 0 unspecified atom stereocenters. The highest BCUT2D eigenvalue weighted by Crippen LogP contribution is 2.20. The maximum atomic E-state index is 12.2. The molecule has 6 heteroatoms. The molecule has 0 heterocycles. The molecule has 0 fully saturated rings. The van der Waals surface area contributed by atoms with E-state index in [1.807, 2.05) is 45.9 Å². The van der Waals surface area contributed by atoms with E-state index in [9.17, 15) is 9.59 Å². The van der Waals surface area contributed by atoms with E-state index in [0.29, 0.717) is 18.0 Å². The van der Waals surface area contributed by atoms with Crippen LogP contribution in [-0.4, -0.2) is 25.0 Å². The Kier molecular flexibility index (Phi) is 7.42. The minimum Gasteiger partial charge on any atom is -0.489 e. The average molecular weight is 396 g/mol. The van der Waals surface area contributed by atoms with Gasteiger partial charge in [-0.2, -0.15) is 0 Å². The second-order valence-corrected chi connectivity index (χ2v) is 7.96. The van der Waals surface area contributed by atoms with E-state index >= 15 is 0 Å². The molecule has 0 aliphatic rings.